The lowest BCUT2D eigenvalue weighted by Gasteiger charge is -2.22. The second kappa shape index (κ2) is 7.31. The van der Waals surface area contributed by atoms with E-state index in [1.54, 1.807) is 11.8 Å². The molecule has 0 amide bonds. The molecule has 5 nitrogen and oxygen atoms in total. The highest BCUT2D eigenvalue weighted by molar-refractivity contribution is 8.00. The smallest absolute Gasteiger partial charge is 0.268 e. The molecular formula is C15H22N2O3S. The summed E-state index contributed by atoms with van der Waals surface area (Å²) in [5.41, 5.74) is 0. The van der Waals surface area contributed by atoms with Crippen LogP contribution < -0.4 is 10.1 Å². The normalized spacial score (nSPS) is 20.8. The second-order valence-corrected chi connectivity index (χ2v) is 7.14. The molecule has 0 atom stereocenters. The minimum atomic E-state index is 0.312. The maximum atomic E-state index is 11.1. The van der Waals surface area contributed by atoms with Gasteiger partial charge in [-0.2, -0.15) is 0 Å². The maximum Gasteiger partial charge on any atom is 0.268 e. The van der Waals surface area contributed by atoms with E-state index in [4.69, 9.17) is 9.26 Å². The topological polar surface area (TPSA) is 64.4 Å². The van der Waals surface area contributed by atoms with E-state index in [1.807, 2.05) is 0 Å². The Bertz CT molecular complexity index is 465. The summed E-state index contributed by atoms with van der Waals surface area (Å²) in [6.45, 7) is 2.76. The summed E-state index contributed by atoms with van der Waals surface area (Å²) in [6.07, 6.45) is 7.92. The summed E-state index contributed by atoms with van der Waals surface area (Å²) in [4.78, 5) is 11.9. The first kappa shape index (κ1) is 14.9. The van der Waals surface area contributed by atoms with Crippen LogP contribution in [0.4, 0.5) is 0 Å². The predicted molar refractivity (Wildman–Crippen MR) is 81.1 cm³/mol. The Balaban J connectivity index is 1.62. The maximum absolute atomic E-state index is 11.1. The lowest BCUT2D eigenvalue weighted by Crippen LogP contribution is -2.30. The average molecular weight is 310 g/mol. The van der Waals surface area contributed by atoms with Crippen molar-refractivity contribution in [3.63, 3.8) is 0 Å². The molecule has 0 aromatic carbocycles. The molecule has 0 unspecified atom stereocenters. The molecule has 0 spiro atoms. The summed E-state index contributed by atoms with van der Waals surface area (Å²) in [5.74, 6) is 1.38. The van der Waals surface area contributed by atoms with Gasteiger partial charge in [0.2, 0.25) is 5.76 Å². The van der Waals surface area contributed by atoms with Crippen LogP contribution in [0.15, 0.2) is 9.42 Å². The molecule has 2 aliphatic rings. The molecule has 1 N–H and O–H groups in total. The molecule has 21 heavy (non-hydrogen) atoms. The molecule has 3 rings (SSSR count). The van der Waals surface area contributed by atoms with Crippen LogP contribution >= 0.6 is 11.8 Å². The lowest BCUT2D eigenvalue weighted by molar-refractivity contribution is 0.108. The fourth-order valence-corrected chi connectivity index (χ4v) is 4.27. The Hall–Kier alpha value is -1.01. The minimum Gasteiger partial charge on any atom is -0.474 e. The van der Waals surface area contributed by atoms with Gasteiger partial charge < -0.3 is 14.6 Å². The molecule has 0 bridgehead atoms. The molecule has 2 fully saturated rings. The van der Waals surface area contributed by atoms with Gasteiger partial charge in [0.25, 0.3) is 5.88 Å². The van der Waals surface area contributed by atoms with Gasteiger partial charge in [-0.15, -0.1) is 11.8 Å². The van der Waals surface area contributed by atoms with Gasteiger partial charge in [0, 0.05) is 5.25 Å². The third kappa shape index (κ3) is 3.80. The number of ether oxygens (including phenoxy) is 1. The third-order valence-corrected chi connectivity index (χ3v) is 5.67. The van der Waals surface area contributed by atoms with E-state index in [0.717, 1.165) is 37.1 Å². The van der Waals surface area contributed by atoms with Gasteiger partial charge in [0.1, 0.15) is 4.90 Å². The molecule has 1 saturated heterocycles. The van der Waals surface area contributed by atoms with Gasteiger partial charge >= 0.3 is 0 Å². The van der Waals surface area contributed by atoms with E-state index in [-0.39, 0.29) is 0 Å². The highest BCUT2D eigenvalue weighted by atomic mass is 32.2. The monoisotopic (exact) mass is 310 g/mol. The fraction of sp³-hybridized carbons (Fsp3) is 0.733. The van der Waals surface area contributed by atoms with E-state index in [1.165, 1.54) is 25.7 Å². The van der Waals surface area contributed by atoms with Crippen LogP contribution in [-0.4, -0.2) is 36.4 Å². The number of aromatic nitrogens is 1. The van der Waals surface area contributed by atoms with Crippen molar-refractivity contribution in [2.75, 3.05) is 19.7 Å². The highest BCUT2D eigenvalue weighted by Crippen LogP contribution is 2.40. The van der Waals surface area contributed by atoms with Crippen LogP contribution in [0.3, 0.4) is 0 Å². The number of hydrogen-bond acceptors (Lipinski definition) is 6. The van der Waals surface area contributed by atoms with Crippen LogP contribution in [0.2, 0.25) is 0 Å². The van der Waals surface area contributed by atoms with Crippen LogP contribution in [-0.2, 0) is 0 Å². The Kier molecular flexibility index (Phi) is 5.19. The second-order valence-electron chi connectivity index (χ2n) is 5.83. The zero-order valence-corrected chi connectivity index (χ0v) is 13.0. The minimum absolute atomic E-state index is 0.312. The first-order valence-electron chi connectivity index (χ1n) is 7.82. The first-order valence-corrected chi connectivity index (χ1v) is 8.70. The molecule has 1 saturated carbocycles. The van der Waals surface area contributed by atoms with Gasteiger partial charge in [-0.1, -0.05) is 12.8 Å². The molecule has 6 heteroatoms. The quantitative estimate of drug-likeness (QED) is 0.815. The van der Waals surface area contributed by atoms with Gasteiger partial charge in [-0.3, -0.25) is 4.79 Å². The molecule has 116 valence electrons. The van der Waals surface area contributed by atoms with Crippen molar-refractivity contribution >= 4 is 18.0 Å². The Morgan fingerprint density at radius 3 is 2.76 bits per heavy atom. The molecular weight excluding hydrogens is 288 g/mol. The molecule has 1 aromatic heterocycles. The van der Waals surface area contributed by atoms with Crippen molar-refractivity contribution in [1.29, 1.82) is 0 Å². The zero-order valence-electron chi connectivity index (χ0n) is 12.2. The zero-order chi connectivity index (χ0) is 14.5. The Morgan fingerprint density at radius 2 is 2.05 bits per heavy atom. The van der Waals surface area contributed by atoms with E-state index >= 15 is 0 Å². The SMILES string of the molecule is O=Cc1onc(OCC2CCNCC2)c1SC1CCCC1. The van der Waals surface area contributed by atoms with Crippen molar-refractivity contribution < 1.29 is 14.1 Å². The van der Waals surface area contributed by atoms with Crippen molar-refractivity contribution in [2.24, 2.45) is 5.92 Å². The average Bonchev–Trinajstić information content (AvgIpc) is 3.17. The van der Waals surface area contributed by atoms with E-state index in [9.17, 15) is 4.79 Å². The number of piperidine rings is 1. The standard InChI is InChI=1S/C15H22N2O3S/c18-9-13-14(21-12-3-1-2-4-12)15(17-20-13)19-10-11-5-7-16-8-6-11/h9,11-12,16H,1-8,10H2. The van der Waals surface area contributed by atoms with Crippen molar-refractivity contribution in [2.45, 2.75) is 48.7 Å². The molecule has 1 aliphatic carbocycles. The number of carbonyl (C=O) groups is 1. The summed E-state index contributed by atoms with van der Waals surface area (Å²) in [7, 11) is 0. The molecule has 0 radical (unpaired) electrons. The summed E-state index contributed by atoms with van der Waals surface area (Å²) in [5, 5.41) is 7.85. The number of nitrogens with one attached hydrogen (secondary N) is 1. The van der Waals surface area contributed by atoms with E-state index in [0.29, 0.717) is 29.4 Å². The van der Waals surface area contributed by atoms with Gasteiger partial charge in [-0.05, 0) is 49.8 Å². The first-order chi connectivity index (χ1) is 10.4. The van der Waals surface area contributed by atoms with Crippen LogP contribution in [0.25, 0.3) is 0 Å². The van der Waals surface area contributed by atoms with E-state index in [2.05, 4.69) is 10.5 Å². The van der Waals surface area contributed by atoms with Crippen molar-refractivity contribution in [1.82, 2.24) is 10.5 Å². The number of carbonyl (C=O) groups excluding carboxylic acids is 1. The largest absolute Gasteiger partial charge is 0.474 e. The molecule has 2 heterocycles. The Labute approximate surface area is 129 Å². The van der Waals surface area contributed by atoms with Gasteiger partial charge in [0.15, 0.2) is 6.29 Å². The number of thioether (sulfide) groups is 1. The number of aldehydes is 1. The summed E-state index contributed by atoms with van der Waals surface area (Å²) < 4.78 is 11.0. The lowest BCUT2D eigenvalue weighted by atomic mass is 9.99. The van der Waals surface area contributed by atoms with Crippen LogP contribution in [0.5, 0.6) is 5.88 Å². The van der Waals surface area contributed by atoms with E-state index < -0.39 is 0 Å². The predicted octanol–water partition coefficient (Wildman–Crippen LogP) is 2.90. The number of nitrogens with zero attached hydrogens (tertiary/aromatic N) is 1. The summed E-state index contributed by atoms with van der Waals surface area (Å²) >= 11 is 1.70. The highest BCUT2D eigenvalue weighted by Gasteiger charge is 2.25. The van der Waals surface area contributed by atoms with Gasteiger partial charge in [-0.25, -0.2) is 0 Å². The summed E-state index contributed by atoms with van der Waals surface area (Å²) in [6, 6.07) is 0. The van der Waals surface area contributed by atoms with Crippen LogP contribution in [0.1, 0.15) is 49.1 Å². The molecule has 1 aliphatic heterocycles. The Morgan fingerprint density at radius 1 is 1.29 bits per heavy atom. The van der Waals surface area contributed by atoms with Gasteiger partial charge in [0.05, 0.1) is 6.61 Å². The van der Waals surface area contributed by atoms with Crippen LogP contribution in [0, 0.1) is 5.92 Å². The van der Waals surface area contributed by atoms with Crippen molar-refractivity contribution in [3.05, 3.63) is 5.76 Å². The number of hydrogen-bond donors (Lipinski definition) is 1. The molecule has 1 aromatic rings. The van der Waals surface area contributed by atoms with Crippen molar-refractivity contribution in [3.8, 4) is 5.88 Å². The number of rotatable bonds is 6. The third-order valence-electron chi connectivity index (χ3n) is 4.25. The fourth-order valence-electron chi connectivity index (χ4n) is 2.97.